The van der Waals surface area contributed by atoms with Gasteiger partial charge in [0.25, 0.3) is 0 Å². The molecule has 1 heterocycles. The third kappa shape index (κ3) is 7.43. The van der Waals surface area contributed by atoms with Crippen molar-refractivity contribution in [3.05, 3.63) is 29.3 Å². The Balaban J connectivity index is 1.84. The van der Waals surface area contributed by atoms with Gasteiger partial charge in [0.05, 0.1) is 11.4 Å². The van der Waals surface area contributed by atoms with Crippen LogP contribution in [0, 0.1) is 12.8 Å². The zero-order valence-corrected chi connectivity index (χ0v) is 18.6. The fourth-order valence-electron chi connectivity index (χ4n) is 3.53. The van der Waals surface area contributed by atoms with Gasteiger partial charge in [-0.25, -0.2) is 13.4 Å². The van der Waals surface area contributed by atoms with Gasteiger partial charge in [0, 0.05) is 19.3 Å². The molecule has 0 aromatic heterocycles. The average molecular weight is 409 g/mol. The van der Waals surface area contributed by atoms with E-state index in [0.717, 1.165) is 49.1 Å². The Morgan fingerprint density at radius 3 is 2.57 bits per heavy atom. The Hall–Kier alpha value is -1.60. The molecule has 1 aromatic rings. The first kappa shape index (κ1) is 22.7. The molecule has 0 unspecified atom stereocenters. The lowest BCUT2D eigenvalue weighted by Gasteiger charge is -2.30. The number of benzene rings is 1. The van der Waals surface area contributed by atoms with E-state index in [9.17, 15) is 8.42 Å². The van der Waals surface area contributed by atoms with E-state index < -0.39 is 9.84 Å². The van der Waals surface area contributed by atoms with Gasteiger partial charge in [-0.05, 0) is 75.9 Å². The van der Waals surface area contributed by atoms with Gasteiger partial charge in [-0.3, -0.25) is 0 Å². The van der Waals surface area contributed by atoms with Gasteiger partial charge in [0.2, 0.25) is 0 Å². The van der Waals surface area contributed by atoms with Gasteiger partial charge in [-0.1, -0.05) is 19.1 Å². The number of aryl methyl sites for hydroxylation is 1. The number of guanidine groups is 1. The summed E-state index contributed by atoms with van der Waals surface area (Å²) in [6.07, 6.45) is 4.97. The summed E-state index contributed by atoms with van der Waals surface area (Å²) in [4.78, 5) is 7.58. The molecule has 28 heavy (non-hydrogen) atoms. The minimum atomic E-state index is -3.18. The topological polar surface area (TPSA) is 73.8 Å². The summed E-state index contributed by atoms with van der Waals surface area (Å²) < 4.78 is 23.5. The molecule has 0 amide bonds. The predicted octanol–water partition coefficient (Wildman–Crippen LogP) is 2.58. The Labute approximate surface area is 170 Å². The maximum absolute atomic E-state index is 11.7. The second-order valence-electron chi connectivity index (χ2n) is 7.87. The largest absolute Gasteiger partial charge is 0.357 e. The summed E-state index contributed by atoms with van der Waals surface area (Å²) in [6.45, 7) is 12.0. The van der Waals surface area contributed by atoms with E-state index in [4.69, 9.17) is 0 Å². The van der Waals surface area contributed by atoms with Crippen LogP contribution in [0.25, 0.3) is 0 Å². The molecular weight excluding hydrogens is 372 g/mol. The highest BCUT2D eigenvalue weighted by Gasteiger charge is 2.15. The summed E-state index contributed by atoms with van der Waals surface area (Å²) >= 11 is 0. The van der Waals surface area contributed by atoms with E-state index in [1.807, 2.05) is 19.1 Å². The first-order valence-electron chi connectivity index (χ1n) is 10.3. The van der Waals surface area contributed by atoms with E-state index in [-0.39, 0.29) is 0 Å². The van der Waals surface area contributed by atoms with Gasteiger partial charge >= 0.3 is 0 Å². The summed E-state index contributed by atoms with van der Waals surface area (Å²) in [5.41, 5.74) is 1.77. The monoisotopic (exact) mass is 408 g/mol. The molecular formula is C21H36N4O2S. The molecule has 6 nitrogen and oxygen atoms in total. The quantitative estimate of drug-likeness (QED) is 0.393. The molecule has 1 fully saturated rings. The summed E-state index contributed by atoms with van der Waals surface area (Å²) in [5, 5.41) is 6.68. The highest BCUT2D eigenvalue weighted by molar-refractivity contribution is 7.90. The molecule has 7 heteroatoms. The molecule has 0 radical (unpaired) electrons. The van der Waals surface area contributed by atoms with E-state index >= 15 is 0 Å². The zero-order valence-electron chi connectivity index (χ0n) is 17.8. The number of nitrogens with one attached hydrogen (secondary N) is 2. The fraction of sp³-hybridized carbons (Fsp3) is 0.667. The van der Waals surface area contributed by atoms with Crippen LogP contribution in [0.15, 0.2) is 28.1 Å². The van der Waals surface area contributed by atoms with Crippen LogP contribution in [0.1, 0.15) is 44.2 Å². The van der Waals surface area contributed by atoms with Crippen molar-refractivity contribution >= 4 is 15.8 Å². The van der Waals surface area contributed by atoms with Crippen molar-refractivity contribution in [2.24, 2.45) is 10.9 Å². The van der Waals surface area contributed by atoms with Crippen molar-refractivity contribution in [1.29, 1.82) is 0 Å². The number of piperidine rings is 1. The molecule has 0 saturated carbocycles. The molecule has 0 atom stereocenters. The molecule has 0 aliphatic carbocycles. The minimum Gasteiger partial charge on any atom is -0.357 e. The maximum atomic E-state index is 11.7. The Morgan fingerprint density at radius 1 is 1.25 bits per heavy atom. The van der Waals surface area contributed by atoms with Gasteiger partial charge in [0.15, 0.2) is 15.8 Å². The highest BCUT2D eigenvalue weighted by atomic mass is 32.2. The van der Waals surface area contributed by atoms with Gasteiger partial charge in [-0.15, -0.1) is 0 Å². The number of likely N-dealkylation sites (tertiary alicyclic amines) is 1. The standard InChI is InChI=1S/C21H36N4O2S/c1-5-22-21(23-11-6-12-25-13-9-17(2)10-14-25)24-16-19-7-8-20(18(3)15-19)28(4,26)27/h7-8,15,17H,5-6,9-14,16H2,1-4H3,(H2,22,23,24). The normalized spacial score (nSPS) is 16.9. The first-order valence-corrected chi connectivity index (χ1v) is 12.2. The minimum absolute atomic E-state index is 0.386. The lowest BCUT2D eigenvalue weighted by Crippen LogP contribution is -2.39. The number of rotatable bonds is 8. The first-order chi connectivity index (χ1) is 13.3. The summed E-state index contributed by atoms with van der Waals surface area (Å²) in [6, 6.07) is 5.42. The lowest BCUT2D eigenvalue weighted by molar-refractivity contribution is 0.191. The van der Waals surface area contributed by atoms with Crippen molar-refractivity contribution in [3.8, 4) is 0 Å². The maximum Gasteiger partial charge on any atom is 0.191 e. The molecule has 1 aromatic carbocycles. The van der Waals surface area contributed by atoms with Crippen molar-refractivity contribution in [2.75, 3.05) is 39.0 Å². The highest BCUT2D eigenvalue weighted by Crippen LogP contribution is 2.17. The van der Waals surface area contributed by atoms with Crippen LogP contribution in [-0.4, -0.2) is 58.3 Å². The Bertz CT molecular complexity index is 754. The Morgan fingerprint density at radius 2 is 1.96 bits per heavy atom. The smallest absolute Gasteiger partial charge is 0.191 e. The zero-order chi connectivity index (χ0) is 20.6. The second kappa shape index (κ2) is 10.8. The van der Waals surface area contributed by atoms with E-state index in [2.05, 4.69) is 34.4 Å². The van der Waals surface area contributed by atoms with Crippen LogP contribution in [0.3, 0.4) is 0 Å². The molecule has 2 N–H and O–H groups in total. The number of sulfone groups is 1. The van der Waals surface area contributed by atoms with Crippen LogP contribution in [0.5, 0.6) is 0 Å². The van der Waals surface area contributed by atoms with Crippen LogP contribution in [-0.2, 0) is 16.4 Å². The van der Waals surface area contributed by atoms with Gasteiger partial charge in [-0.2, -0.15) is 0 Å². The van der Waals surface area contributed by atoms with Crippen LogP contribution in [0.4, 0.5) is 0 Å². The summed E-state index contributed by atoms with van der Waals surface area (Å²) in [5.74, 6) is 1.68. The van der Waals surface area contributed by atoms with E-state index in [0.29, 0.717) is 11.4 Å². The fourth-order valence-corrected chi connectivity index (χ4v) is 4.49. The molecule has 1 saturated heterocycles. The van der Waals surface area contributed by atoms with Gasteiger partial charge in [0.1, 0.15) is 0 Å². The van der Waals surface area contributed by atoms with Crippen molar-refractivity contribution in [2.45, 2.75) is 51.5 Å². The van der Waals surface area contributed by atoms with Crippen molar-refractivity contribution in [3.63, 3.8) is 0 Å². The Kier molecular flexibility index (Phi) is 8.76. The lowest BCUT2D eigenvalue weighted by atomic mass is 9.99. The third-order valence-electron chi connectivity index (χ3n) is 5.22. The SMILES string of the molecule is CCNC(=NCc1ccc(S(C)(=O)=O)c(C)c1)NCCCN1CCC(C)CC1. The molecule has 0 spiro atoms. The molecule has 2 rings (SSSR count). The van der Waals surface area contributed by atoms with E-state index in [1.165, 1.54) is 32.2 Å². The van der Waals surface area contributed by atoms with Crippen LogP contribution in [0.2, 0.25) is 0 Å². The van der Waals surface area contributed by atoms with Crippen molar-refractivity contribution < 1.29 is 8.42 Å². The summed E-state index contributed by atoms with van der Waals surface area (Å²) in [7, 11) is -3.18. The molecule has 158 valence electrons. The number of hydrogen-bond donors (Lipinski definition) is 2. The number of nitrogens with zero attached hydrogens (tertiary/aromatic N) is 2. The average Bonchev–Trinajstić information content (AvgIpc) is 2.63. The van der Waals surface area contributed by atoms with Crippen molar-refractivity contribution in [1.82, 2.24) is 15.5 Å². The number of aliphatic imine (C=N–C) groups is 1. The second-order valence-corrected chi connectivity index (χ2v) is 9.86. The van der Waals surface area contributed by atoms with E-state index in [1.54, 1.807) is 6.07 Å². The predicted molar refractivity (Wildman–Crippen MR) is 117 cm³/mol. The molecule has 1 aliphatic rings. The molecule has 0 bridgehead atoms. The molecule has 1 aliphatic heterocycles. The van der Waals surface area contributed by atoms with Crippen LogP contribution >= 0.6 is 0 Å². The number of hydrogen-bond acceptors (Lipinski definition) is 4. The third-order valence-corrected chi connectivity index (χ3v) is 6.48. The van der Waals surface area contributed by atoms with Gasteiger partial charge < -0.3 is 15.5 Å². The van der Waals surface area contributed by atoms with Crippen LogP contribution < -0.4 is 10.6 Å².